The van der Waals surface area contributed by atoms with Crippen LogP contribution >= 0.6 is 80.3 Å². The number of hydrogen-bond acceptors (Lipinski definition) is 33. The number of benzene rings is 11. The van der Waals surface area contributed by atoms with E-state index in [1.54, 1.807) is 115 Å². The van der Waals surface area contributed by atoms with E-state index in [2.05, 4.69) is 38.9 Å². The summed E-state index contributed by atoms with van der Waals surface area (Å²) in [6.45, 7) is -0.200. The Hall–Kier alpha value is -13.9. The van der Waals surface area contributed by atoms with Crippen LogP contribution in [0.4, 0.5) is 22.7 Å². The van der Waals surface area contributed by atoms with Crippen LogP contribution in [0.5, 0.6) is 92.5 Å². The molecule has 0 aliphatic carbocycles. The van der Waals surface area contributed by atoms with Gasteiger partial charge in [-0.1, -0.05) is 93.9 Å². The van der Waals surface area contributed by atoms with Gasteiger partial charge in [0.2, 0.25) is 5.75 Å². The molecule has 4 aromatic heterocycles. The Morgan fingerprint density at radius 1 is 0.366 bits per heavy atom. The Bertz CT molecular complexity index is 7620. The van der Waals surface area contributed by atoms with Gasteiger partial charge in [0.1, 0.15) is 53.0 Å². The third-order valence-corrected chi connectivity index (χ3v) is 26.2. The van der Waals surface area contributed by atoms with Gasteiger partial charge in [0, 0.05) is 66.2 Å². The number of hydrogen-bond donors (Lipinski definition) is 12. The summed E-state index contributed by atoms with van der Waals surface area (Å²) < 4.78 is 161. The van der Waals surface area contributed by atoms with Gasteiger partial charge in [-0.15, -0.1) is 0 Å². The second-order valence-corrected chi connectivity index (χ2v) is 37.6. The number of nitrogens with one attached hydrogen (secondary N) is 6. The Morgan fingerprint density at radius 2 is 0.641 bits per heavy atom. The number of nitrogens with zero attached hydrogens (tertiary/aromatic N) is 1. The SMILES string of the molecule is COC(=O)Cc1ccc(Oc2ccc3[nH]c(OCN)cc3c2N)c(OC)c1.COC(=O)Cc1ccc(Oc2ccc3[nH]c(OCN)cc3c2NS(=O)(=O)c2ccc(Cl)cc2Cl)c(OC)c1.COC(=O)Cc1ccc(Oc2ccc3[nH]c(OCN)cc3c2[N+](=O)[O-])c(OC)c1.COc1cc(CC(=O)O)ccc1Oc1ccc2[nH]c(OCN)cc2c1NS(=O)(=O)c1ccc(Cl)cc1Cl.O=S(=O)(Cl)c1ccc(Cl)cc1Cl.[Li+].[OH-]. The first-order chi connectivity index (χ1) is 68.2. The average Bonchev–Trinajstić information content (AvgIpc) is 1.69. The van der Waals surface area contributed by atoms with Crippen molar-refractivity contribution in [3.8, 4) is 92.5 Å². The van der Waals surface area contributed by atoms with E-state index >= 15 is 0 Å². The van der Waals surface area contributed by atoms with Gasteiger partial charge in [-0.05, 0) is 174 Å². The second-order valence-electron chi connectivity index (χ2n) is 29.2. The molecule has 0 saturated carbocycles. The molecule has 0 amide bonds. The molecule has 0 spiro atoms. The maximum absolute atomic E-state index is 13.4. The summed E-state index contributed by atoms with van der Waals surface area (Å²) in [6.07, 6.45) is 0.0447. The number of aromatic amines is 4. The van der Waals surface area contributed by atoms with E-state index < -0.39 is 51.9 Å². The van der Waals surface area contributed by atoms with Crippen molar-refractivity contribution in [2.75, 3.05) is 91.9 Å². The zero-order chi connectivity index (χ0) is 104. The van der Waals surface area contributed by atoms with Crippen molar-refractivity contribution in [3.05, 3.63) is 263 Å². The summed E-state index contributed by atoms with van der Waals surface area (Å²) in [5.74, 6) is 2.76. The van der Waals surface area contributed by atoms with Crippen LogP contribution in [-0.4, -0.2) is 161 Å². The van der Waals surface area contributed by atoms with Gasteiger partial charge >= 0.3 is 48.4 Å². The molecule has 145 heavy (non-hydrogen) atoms. The molecular weight excluding hydrogens is 2100 g/mol. The Morgan fingerprint density at radius 3 is 0.945 bits per heavy atom. The molecule has 0 bridgehead atoms. The number of fused-ring (bicyclic) bond motifs is 4. The number of rotatable bonds is 36. The molecule has 0 radical (unpaired) electrons. The van der Waals surface area contributed by atoms with Crippen LogP contribution in [0, 0.1) is 10.1 Å². The van der Waals surface area contributed by atoms with Gasteiger partial charge in [-0.2, -0.15) is 0 Å². The fourth-order valence-electron chi connectivity index (χ4n) is 13.5. The summed E-state index contributed by atoms with van der Waals surface area (Å²) >= 11 is 35.3. The molecule has 11 aromatic carbocycles. The second kappa shape index (κ2) is 52.1. The molecular formula is C93H88Cl7LiN12O29S3. The van der Waals surface area contributed by atoms with Crippen molar-refractivity contribution < 1.29 is 150 Å². The number of carbonyl (C=O) groups is 4. The smallest absolute Gasteiger partial charge is 0.870 e. The van der Waals surface area contributed by atoms with Gasteiger partial charge in [0.15, 0.2) is 86.8 Å². The van der Waals surface area contributed by atoms with Gasteiger partial charge in [0.05, 0.1) is 129 Å². The van der Waals surface area contributed by atoms with Crippen LogP contribution in [0.1, 0.15) is 22.3 Å². The molecule has 52 heteroatoms. The normalized spacial score (nSPS) is 10.9. The number of carboxylic acid groups (broad SMARTS) is 1. The van der Waals surface area contributed by atoms with Crippen LogP contribution in [0.15, 0.2) is 215 Å². The van der Waals surface area contributed by atoms with E-state index in [1.165, 1.54) is 129 Å². The van der Waals surface area contributed by atoms with E-state index in [-0.39, 0.29) is 180 Å². The van der Waals surface area contributed by atoms with Gasteiger partial charge < -0.3 is 107 Å². The summed E-state index contributed by atoms with van der Waals surface area (Å²) in [5.41, 5.74) is 33.4. The number of nitro benzene ring substituents is 1. The Labute approximate surface area is 873 Å². The fraction of sp³-hybridized carbons (Fsp3) is 0.161. The van der Waals surface area contributed by atoms with Crippen LogP contribution in [0.3, 0.4) is 0 Å². The van der Waals surface area contributed by atoms with Crippen molar-refractivity contribution >= 4 is 200 Å². The molecule has 762 valence electrons. The Kier molecular flexibility index (Phi) is 41.2. The number of aliphatic carboxylic acids is 1. The summed E-state index contributed by atoms with van der Waals surface area (Å²) in [6, 6.07) is 51.3. The minimum Gasteiger partial charge on any atom is -0.870 e. The number of carbonyl (C=O) groups excluding carboxylic acids is 3. The van der Waals surface area contributed by atoms with E-state index in [9.17, 15) is 54.5 Å². The first-order valence-electron chi connectivity index (χ1n) is 41.2. The number of methoxy groups -OCH3 is 7. The fourth-order valence-corrected chi connectivity index (χ4v) is 19.0. The predicted octanol–water partition coefficient (Wildman–Crippen LogP) is 15.3. The van der Waals surface area contributed by atoms with Crippen LogP contribution in [0.25, 0.3) is 43.6 Å². The van der Waals surface area contributed by atoms with Crippen LogP contribution < -0.4 is 114 Å². The molecule has 0 saturated heterocycles. The quantitative estimate of drug-likeness (QED) is 0.00254. The summed E-state index contributed by atoms with van der Waals surface area (Å²) in [7, 11) is 2.67. The monoisotopic (exact) mass is 2180 g/mol. The van der Waals surface area contributed by atoms with E-state index in [0.29, 0.717) is 112 Å². The molecule has 0 aliphatic rings. The molecule has 0 aliphatic heterocycles. The van der Waals surface area contributed by atoms with Crippen molar-refractivity contribution in [2.45, 2.75) is 40.4 Å². The Balaban J connectivity index is 0.000000208. The third kappa shape index (κ3) is 29.9. The number of nitrogen functional groups attached to an aromatic ring is 1. The maximum atomic E-state index is 13.4. The van der Waals surface area contributed by atoms with Gasteiger partial charge in [-0.3, -0.25) is 61.7 Å². The molecule has 18 N–H and O–H groups in total. The van der Waals surface area contributed by atoms with Crippen molar-refractivity contribution in [2.24, 2.45) is 22.9 Å². The standard InChI is InChI=1S/C25H23Cl2N3O7S.C24H21Cl2N3O7S.C19H19N3O7.C19H21N3O5.C6H3Cl3O2S.Li.H2O/c1-34-21-9-14(10-24(31)35-2)3-6-19(21)37-20-7-5-18-16(12-23(29-18)36-13-28)25(20)30-38(32,33)22-8-4-15(26)11-17(22)27;1-34-20-8-13(9-23(30)31)2-5-18(20)36-19-6-4-17-15(11-22(28-17)35-12-27)24(19)29-37(32,33)21-7-3-14(25)10-16(21)26;1-26-16-7-11(8-18(23)27-2)3-5-14(16)29-15-6-4-13-12(19(15)22(24)25)9-17(21-13)28-10-20;1-24-16-7-11(8-18(23)25-2)3-5-14(16)27-15-6-4-13-12(19(15)21)9-17(22-13)26-10-20;7-4-1-2-6(5(8)3-4)12(9,10)11;;/h3-9,11-12,29-30H,10,13,28H2,1-2H3;2-8,10-11,28-29H,9,12,27H2,1H3,(H,30,31);3-7,9,21H,8,10,20H2,1-2H3;3-7,9,22H,8,10,20-21H2,1-2H3;1-3H;;1H2/q;;;;;+1;/p-1. The third-order valence-electron chi connectivity index (χ3n) is 20.0. The maximum Gasteiger partial charge on any atom is 1.00 e. The minimum absolute atomic E-state index is 0. The molecule has 0 fully saturated rings. The van der Waals surface area contributed by atoms with Gasteiger partial charge in [0.25, 0.3) is 29.1 Å². The van der Waals surface area contributed by atoms with E-state index in [0.717, 1.165) is 16.5 Å². The van der Waals surface area contributed by atoms with Crippen molar-refractivity contribution in [1.82, 2.24) is 19.9 Å². The molecule has 41 nitrogen and oxygen atoms in total. The van der Waals surface area contributed by atoms with Crippen LogP contribution in [-0.2, 0) is 88.2 Å². The summed E-state index contributed by atoms with van der Waals surface area (Å²) in [4.78, 5) is 68.4. The molecule has 4 heterocycles. The van der Waals surface area contributed by atoms with Crippen molar-refractivity contribution in [3.63, 3.8) is 0 Å². The number of halogens is 7. The first-order valence-corrected chi connectivity index (χ1v) is 48.7. The minimum atomic E-state index is -4.20. The largest absolute Gasteiger partial charge is 1.00 e. The number of ether oxygens (including phenoxy) is 15. The number of nitrogens with two attached hydrogens (primary N) is 5. The van der Waals surface area contributed by atoms with Crippen molar-refractivity contribution in [1.29, 1.82) is 0 Å². The number of H-pyrrole nitrogens is 4. The van der Waals surface area contributed by atoms with Crippen LogP contribution in [0.2, 0.25) is 30.1 Å². The van der Waals surface area contributed by atoms with Gasteiger partial charge in [-0.25, -0.2) is 25.3 Å². The van der Waals surface area contributed by atoms with E-state index in [4.69, 9.17) is 176 Å². The number of carboxylic acids is 1. The molecule has 15 rings (SSSR count). The number of esters is 3. The number of sulfonamides is 2. The summed E-state index contributed by atoms with van der Waals surface area (Å²) in [5, 5.41) is 23.6. The first kappa shape index (κ1) is 115. The molecule has 15 aromatic rings. The topological polar surface area (TPSA) is 620 Å². The predicted molar refractivity (Wildman–Crippen MR) is 540 cm³/mol. The molecule has 0 unspecified atom stereocenters. The zero-order valence-corrected chi connectivity index (χ0v) is 85.1. The number of aromatic nitrogens is 4. The average molecular weight is 2190 g/mol. The van der Waals surface area contributed by atoms with E-state index in [1.807, 2.05) is 6.07 Å². The number of anilines is 3. The number of nitro groups is 1. The molecule has 0 atom stereocenters. The zero-order valence-electron chi connectivity index (χ0n) is 77.3.